The van der Waals surface area contributed by atoms with Crippen LogP contribution in [0.4, 0.5) is 5.82 Å². The Labute approximate surface area is 176 Å². The number of hydrogen-bond acceptors (Lipinski definition) is 9. The largest absolute Gasteiger partial charge is 0.354 e. The Kier molecular flexibility index (Phi) is 5.71. The Bertz CT molecular complexity index is 1180. The van der Waals surface area contributed by atoms with Gasteiger partial charge in [-0.2, -0.15) is 9.61 Å². The Morgan fingerprint density at radius 1 is 1.20 bits per heavy atom. The van der Waals surface area contributed by atoms with Crippen molar-refractivity contribution in [2.24, 2.45) is 5.73 Å². The second-order valence-corrected chi connectivity index (χ2v) is 8.14. The van der Waals surface area contributed by atoms with Gasteiger partial charge in [0.1, 0.15) is 10.8 Å². The summed E-state index contributed by atoms with van der Waals surface area (Å²) in [6, 6.07) is 6.72. The van der Waals surface area contributed by atoms with Crippen LogP contribution in [0.2, 0.25) is 0 Å². The highest BCUT2D eigenvalue weighted by atomic mass is 32.1. The number of rotatable bonds is 6. The molecule has 0 bridgehead atoms. The fourth-order valence-corrected chi connectivity index (χ4v) is 4.28. The average Bonchev–Trinajstić information content (AvgIpc) is 3.19. The number of nitrogens with one attached hydrogen (secondary N) is 1. The lowest BCUT2D eigenvalue weighted by atomic mass is 10.0. The molecular weight excluding hydrogens is 404 g/mol. The second kappa shape index (κ2) is 8.42. The zero-order valence-corrected chi connectivity index (χ0v) is 17.4. The minimum absolute atomic E-state index is 0.0606. The molecule has 3 heterocycles. The average molecular weight is 427 g/mol. The number of Topliss-reactive ketones (excluding diaryl/α,β-unsaturated/α-hetero) is 2. The molecule has 0 saturated carbocycles. The maximum absolute atomic E-state index is 12.6. The first-order valence-electron chi connectivity index (χ1n) is 9.68. The molecule has 30 heavy (non-hydrogen) atoms. The van der Waals surface area contributed by atoms with E-state index in [2.05, 4.69) is 20.3 Å². The number of carbonyl (C=O) groups is 2. The first-order chi connectivity index (χ1) is 14.4. The van der Waals surface area contributed by atoms with Crippen molar-refractivity contribution in [2.75, 3.05) is 37.6 Å². The summed E-state index contributed by atoms with van der Waals surface area (Å²) in [6.07, 6.45) is 0.140. The molecule has 1 saturated heterocycles. The Hall–Kier alpha value is -2.95. The van der Waals surface area contributed by atoms with Gasteiger partial charge >= 0.3 is 0 Å². The molecule has 156 valence electrons. The molecule has 0 aliphatic carbocycles. The summed E-state index contributed by atoms with van der Waals surface area (Å²) in [7, 11) is 0. The number of fused-ring (bicyclic) bond motifs is 1. The number of anilines is 1. The highest BCUT2D eigenvalue weighted by Gasteiger charge is 2.17. The highest BCUT2D eigenvalue weighted by Crippen LogP contribution is 2.28. The van der Waals surface area contributed by atoms with Crippen molar-refractivity contribution in [1.29, 1.82) is 0 Å². The third-order valence-electron chi connectivity index (χ3n) is 4.95. The summed E-state index contributed by atoms with van der Waals surface area (Å²) in [6.45, 7) is 4.67. The molecule has 0 radical (unpaired) electrons. The Morgan fingerprint density at radius 3 is 2.67 bits per heavy atom. The standard InChI is InChI=1S/C20H22N6O3S/c1-12(27)14-6-13(8-16(28)11-21)7-15(9-14)19-24-26-18(29)10-17(23-20(26)30-19)25-4-2-22-3-5-25/h6-7,9-10,22H,2-5,8,11,21H2,1H3. The highest BCUT2D eigenvalue weighted by molar-refractivity contribution is 7.19. The molecule has 3 N–H and O–H groups in total. The van der Waals surface area contributed by atoms with E-state index >= 15 is 0 Å². The maximum Gasteiger partial charge on any atom is 0.277 e. The Morgan fingerprint density at radius 2 is 1.97 bits per heavy atom. The van der Waals surface area contributed by atoms with Crippen LogP contribution < -0.4 is 21.5 Å². The minimum Gasteiger partial charge on any atom is -0.354 e. The van der Waals surface area contributed by atoms with Crippen molar-refractivity contribution in [3.05, 3.63) is 45.7 Å². The fourth-order valence-electron chi connectivity index (χ4n) is 3.39. The lowest BCUT2D eigenvalue weighted by molar-refractivity contribution is -0.117. The SMILES string of the molecule is CC(=O)c1cc(CC(=O)CN)cc(-c2nn3c(=O)cc(N4CCNCC4)nc3s2)c1. The lowest BCUT2D eigenvalue weighted by Gasteiger charge is -2.27. The van der Waals surface area contributed by atoms with E-state index in [1.54, 1.807) is 18.2 Å². The van der Waals surface area contributed by atoms with E-state index < -0.39 is 0 Å². The smallest absolute Gasteiger partial charge is 0.277 e. The first kappa shape index (κ1) is 20.3. The van der Waals surface area contributed by atoms with E-state index in [4.69, 9.17) is 5.73 Å². The lowest BCUT2D eigenvalue weighted by Crippen LogP contribution is -2.44. The number of carbonyl (C=O) groups excluding carboxylic acids is 2. The first-order valence-corrected chi connectivity index (χ1v) is 10.5. The van der Waals surface area contributed by atoms with Gasteiger partial charge in [-0.15, -0.1) is 0 Å². The fraction of sp³-hybridized carbons (Fsp3) is 0.350. The number of benzene rings is 1. The molecule has 3 aromatic rings. The molecule has 0 spiro atoms. The van der Waals surface area contributed by atoms with Gasteiger partial charge in [-0.05, 0) is 30.7 Å². The van der Waals surface area contributed by atoms with E-state index in [0.717, 1.165) is 26.2 Å². The summed E-state index contributed by atoms with van der Waals surface area (Å²) in [5, 5.41) is 8.25. The van der Waals surface area contributed by atoms with Crippen molar-refractivity contribution >= 4 is 33.7 Å². The number of ketones is 2. The van der Waals surface area contributed by atoms with E-state index in [0.29, 0.717) is 32.5 Å². The predicted molar refractivity (Wildman–Crippen MR) is 115 cm³/mol. The number of hydrogen-bond donors (Lipinski definition) is 2. The zero-order chi connectivity index (χ0) is 21.3. The van der Waals surface area contributed by atoms with Gasteiger partial charge in [0.05, 0.1) is 6.54 Å². The second-order valence-electron chi connectivity index (χ2n) is 7.19. The molecule has 4 rings (SSSR count). The van der Waals surface area contributed by atoms with Gasteiger partial charge < -0.3 is 16.0 Å². The van der Waals surface area contributed by atoms with E-state index in [9.17, 15) is 14.4 Å². The van der Waals surface area contributed by atoms with Crippen molar-refractivity contribution in [3.63, 3.8) is 0 Å². The van der Waals surface area contributed by atoms with Crippen LogP contribution in [0, 0.1) is 0 Å². The van der Waals surface area contributed by atoms with Crippen molar-refractivity contribution in [1.82, 2.24) is 19.9 Å². The molecule has 0 atom stereocenters. The topological polar surface area (TPSA) is 123 Å². The van der Waals surface area contributed by atoms with Crippen LogP contribution in [-0.4, -0.2) is 58.9 Å². The molecule has 1 aliphatic heterocycles. The summed E-state index contributed by atoms with van der Waals surface area (Å²) < 4.78 is 1.27. The molecular formula is C20H22N6O3S. The predicted octanol–water partition coefficient (Wildman–Crippen LogP) is 0.501. The molecule has 0 unspecified atom stereocenters. The van der Waals surface area contributed by atoms with Crippen LogP contribution in [-0.2, 0) is 11.2 Å². The van der Waals surface area contributed by atoms with E-state index in [-0.39, 0.29) is 30.1 Å². The van der Waals surface area contributed by atoms with Gasteiger partial charge in [0.2, 0.25) is 4.96 Å². The van der Waals surface area contributed by atoms with Gasteiger partial charge in [-0.3, -0.25) is 14.4 Å². The monoisotopic (exact) mass is 426 g/mol. The normalized spacial score (nSPS) is 14.3. The molecule has 9 nitrogen and oxygen atoms in total. The summed E-state index contributed by atoms with van der Waals surface area (Å²) in [4.78, 5) is 43.6. The number of nitrogens with two attached hydrogens (primary N) is 1. The van der Waals surface area contributed by atoms with Gasteiger partial charge in [-0.25, -0.2) is 4.98 Å². The summed E-state index contributed by atoms with van der Waals surface area (Å²) in [5.41, 5.74) is 7.01. The minimum atomic E-state index is -0.253. The van der Waals surface area contributed by atoms with Gasteiger partial charge in [0.25, 0.3) is 5.56 Å². The van der Waals surface area contributed by atoms with Crippen LogP contribution >= 0.6 is 11.3 Å². The van der Waals surface area contributed by atoms with Crippen LogP contribution in [0.25, 0.3) is 15.5 Å². The van der Waals surface area contributed by atoms with Gasteiger partial charge in [-0.1, -0.05) is 11.3 Å². The van der Waals surface area contributed by atoms with E-state index in [1.165, 1.54) is 28.8 Å². The third-order valence-corrected chi connectivity index (χ3v) is 5.91. The molecule has 10 heteroatoms. The summed E-state index contributed by atoms with van der Waals surface area (Å²) in [5.74, 6) is 0.406. The maximum atomic E-state index is 12.6. The molecule has 1 fully saturated rings. The van der Waals surface area contributed by atoms with Crippen molar-refractivity contribution in [2.45, 2.75) is 13.3 Å². The van der Waals surface area contributed by atoms with Crippen molar-refractivity contribution in [3.8, 4) is 10.6 Å². The van der Waals surface area contributed by atoms with Crippen LogP contribution in [0.1, 0.15) is 22.8 Å². The van der Waals surface area contributed by atoms with Crippen LogP contribution in [0.15, 0.2) is 29.1 Å². The van der Waals surface area contributed by atoms with Crippen LogP contribution in [0.5, 0.6) is 0 Å². The third kappa shape index (κ3) is 4.16. The Balaban J connectivity index is 1.77. The van der Waals surface area contributed by atoms with Crippen LogP contribution in [0.3, 0.4) is 0 Å². The number of nitrogens with zero attached hydrogens (tertiary/aromatic N) is 4. The number of piperazine rings is 1. The van der Waals surface area contributed by atoms with E-state index in [1.807, 2.05) is 0 Å². The number of aromatic nitrogens is 3. The van der Waals surface area contributed by atoms with Gasteiger partial charge in [0.15, 0.2) is 11.6 Å². The molecule has 1 aliphatic rings. The summed E-state index contributed by atoms with van der Waals surface area (Å²) >= 11 is 1.27. The molecule has 2 aromatic heterocycles. The zero-order valence-electron chi connectivity index (χ0n) is 16.6. The quantitative estimate of drug-likeness (QED) is 0.547. The van der Waals surface area contributed by atoms with Crippen molar-refractivity contribution < 1.29 is 9.59 Å². The molecule has 1 aromatic carbocycles. The van der Waals surface area contributed by atoms with Gasteiger partial charge in [0, 0.05) is 49.8 Å². The molecule has 0 amide bonds.